The zero-order valence-corrected chi connectivity index (χ0v) is 9.90. The zero-order valence-electron chi connectivity index (χ0n) is 4.79. The van der Waals surface area contributed by atoms with Gasteiger partial charge in [-0.3, -0.25) is 0 Å². The maximum absolute atomic E-state index is 9.37. The molecule has 11 heavy (non-hydrogen) atoms. The van der Waals surface area contributed by atoms with Gasteiger partial charge in [-0.05, 0) is 0 Å². The minimum absolute atomic E-state index is 0. The molecule has 0 aliphatic rings. The van der Waals surface area contributed by atoms with Crippen LogP contribution in [0.2, 0.25) is 0 Å². The van der Waals surface area contributed by atoms with Crippen LogP contribution in [0, 0.1) is 0 Å². The topological polar surface area (TPSA) is 133 Å². The van der Waals surface area contributed by atoms with Gasteiger partial charge in [0.15, 0.2) is 0 Å². The SMILES string of the molecule is O=S(=O)([O-])OOS(=O)(=O)[O-].[Sr+2]. The summed E-state index contributed by atoms with van der Waals surface area (Å²) in [5, 5.41) is 0. The van der Waals surface area contributed by atoms with E-state index in [1.54, 1.807) is 0 Å². The fraction of sp³-hybridized carbons (Fsp3) is 0. The Bertz CT molecular complexity index is 248. The van der Waals surface area contributed by atoms with Gasteiger partial charge < -0.3 is 9.11 Å². The Hall–Kier alpha value is 1.22. The van der Waals surface area contributed by atoms with Crippen molar-refractivity contribution in [3.63, 3.8) is 0 Å². The van der Waals surface area contributed by atoms with Crippen LogP contribution in [0.3, 0.4) is 0 Å². The molecule has 0 radical (unpaired) electrons. The van der Waals surface area contributed by atoms with Crippen molar-refractivity contribution >= 4 is 66.3 Å². The van der Waals surface area contributed by atoms with Crippen LogP contribution in [0.5, 0.6) is 0 Å². The molecule has 0 saturated heterocycles. The van der Waals surface area contributed by atoms with E-state index in [2.05, 4.69) is 8.67 Å². The monoisotopic (exact) mass is 280 g/mol. The summed E-state index contributed by atoms with van der Waals surface area (Å²) in [7, 11) is -10.6. The summed E-state index contributed by atoms with van der Waals surface area (Å²) in [4.78, 5) is 0. The fourth-order valence-electron chi connectivity index (χ4n) is 0.0680. The third-order valence-electron chi connectivity index (χ3n) is 0.194. The van der Waals surface area contributed by atoms with Gasteiger partial charge in [-0.2, -0.15) is 0 Å². The van der Waals surface area contributed by atoms with Crippen LogP contribution in [0.15, 0.2) is 0 Å². The second kappa shape index (κ2) is 5.06. The van der Waals surface area contributed by atoms with Gasteiger partial charge in [-0.25, -0.2) is 16.8 Å². The first kappa shape index (κ1) is 14.7. The van der Waals surface area contributed by atoms with E-state index >= 15 is 0 Å². The predicted octanol–water partition coefficient (Wildman–Crippen LogP) is -2.53. The quantitative estimate of drug-likeness (QED) is 0.182. The summed E-state index contributed by atoms with van der Waals surface area (Å²) in [6, 6.07) is 0. The van der Waals surface area contributed by atoms with E-state index in [0.717, 1.165) is 0 Å². The van der Waals surface area contributed by atoms with Gasteiger partial charge in [0, 0.05) is 0 Å². The molecule has 0 bridgehead atoms. The molecule has 0 N–H and O–H groups in total. The molecule has 0 amide bonds. The number of hydrogen-bond acceptors (Lipinski definition) is 8. The van der Waals surface area contributed by atoms with E-state index < -0.39 is 20.8 Å². The van der Waals surface area contributed by atoms with Crippen LogP contribution in [0.25, 0.3) is 0 Å². The van der Waals surface area contributed by atoms with Gasteiger partial charge >= 0.3 is 45.5 Å². The number of rotatable bonds is 3. The Labute approximate surface area is 99.6 Å². The Balaban J connectivity index is 0. The molecule has 0 heterocycles. The Morgan fingerprint density at radius 1 is 0.818 bits per heavy atom. The standard InChI is InChI=1S/H2O8S2.Sr/c1-9(2,3)7-8-10(4,5)6;/h(H,1,2,3)(H,4,5,6);/q;+2/p-2. The van der Waals surface area contributed by atoms with Gasteiger partial charge in [0.25, 0.3) is 0 Å². The van der Waals surface area contributed by atoms with Crippen molar-refractivity contribution in [1.29, 1.82) is 0 Å². The van der Waals surface area contributed by atoms with Crippen LogP contribution in [-0.4, -0.2) is 71.4 Å². The van der Waals surface area contributed by atoms with E-state index in [1.807, 2.05) is 0 Å². The summed E-state index contributed by atoms with van der Waals surface area (Å²) in [6.07, 6.45) is 0. The van der Waals surface area contributed by atoms with Crippen LogP contribution >= 0.6 is 0 Å². The summed E-state index contributed by atoms with van der Waals surface area (Å²) >= 11 is 0. The smallest absolute Gasteiger partial charge is 0.724 e. The summed E-state index contributed by atoms with van der Waals surface area (Å²) in [6.45, 7) is 0. The second-order valence-electron chi connectivity index (χ2n) is 0.953. The first-order valence-corrected chi connectivity index (χ1v) is 4.17. The molecular formula is O8S2Sr. The van der Waals surface area contributed by atoms with Crippen molar-refractivity contribution in [2.45, 2.75) is 0 Å². The Morgan fingerprint density at radius 2 is 1.00 bits per heavy atom. The van der Waals surface area contributed by atoms with E-state index in [-0.39, 0.29) is 45.5 Å². The van der Waals surface area contributed by atoms with Crippen molar-refractivity contribution in [2.24, 2.45) is 0 Å². The molecular weight excluding hydrogens is 280 g/mol. The normalized spacial score (nSPS) is 12.2. The van der Waals surface area contributed by atoms with Crippen molar-refractivity contribution < 1.29 is 34.6 Å². The van der Waals surface area contributed by atoms with Gasteiger partial charge in [0.2, 0.25) is 20.8 Å². The molecule has 0 aromatic heterocycles. The van der Waals surface area contributed by atoms with E-state index in [4.69, 9.17) is 0 Å². The minimum atomic E-state index is -5.31. The average Bonchev–Trinajstić information content (AvgIpc) is 1.57. The second-order valence-corrected chi connectivity index (χ2v) is 2.86. The molecule has 0 aromatic rings. The summed E-state index contributed by atoms with van der Waals surface area (Å²) in [5.41, 5.74) is 0. The molecule has 0 aliphatic carbocycles. The van der Waals surface area contributed by atoms with Crippen LogP contribution in [0.1, 0.15) is 0 Å². The molecule has 0 unspecified atom stereocenters. The molecule has 0 aliphatic heterocycles. The fourth-order valence-corrected chi connectivity index (χ4v) is 0.612. The molecule has 8 nitrogen and oxygen atoms in total. The number of hydrogen-bond donors (Lipinski definition) is 0. The van der Waals surface area contributed by atoms with Crippen LogP contribution < -0.4 is 0 Å². The van der Waals surface area contributed by atoms with E-state index in [0.29, 0.717) is 0 Å². The molecule has 11 heteroatoms. The van der Waals surface area contributed by atoms with Gasteiger partial charge in [-0.1, -0.05) is 0 Å². The Kier molecular flexibility index (Phi) is 6.77. The third kappa shape index (κ3) is 14.1. The van der Waals surface area contributed by atoms with Crippen LogP contribution in [0.4, 0.5) is 0 Å². The van der Waals surface area contributed by atoms with Gasteiger partial charge in [0.05, 0.1) is 0 Å². The summed E-state index contributed by atoms with van der Waals surface area (Å²) < 4.78 is 61.5. The average molecular weight is 280 g/mol. The largest absolute Gasteiger partial charge is 2.00 e. The molecule has 0 saturated carbocycles. The third-order valence-corrected chi connectivity index (χ3v) is 0.750. The molecule has 0 atom stereocenters. The van der Waals surface area contributed by atoms with Crippen molar-refractivity contribution in [2.75, 3.05) is 0 Å². The van der Waals surface area contributed by atoms with Crippen molar-refractivity contribution in [3.05, 3.63) is 0 Å². The first-order valence-electron chi connectivity index (χ1n) is 1.50. The molecule has 0 spiro atoms. The predicted molar refractivity (Wildman–Crippen MR) is 27.3 cm³/mol. The summed E-state index contributed by atoms with van der Waals surface area (Å²) in [5.74, 6) is 0. The molecule has 0 rings (SSSR count). The van der Waals surface area contributed by atoms with Crippen LogP contribution in [-0.2, 0) is 29.5 Å². The molecule has 0 fully saturated rings. The van der Waals surface area contributed by atoms with Gasteiger partial charge in [-0.15, -0.1) is 8.67 Å². The van der Waals surface area contributed by atoms with E-state index in [9.17, 15) is 25.9 Å². The maximum atomic E-state index is 9.37. The first-order chi connectivity index (χ1) is 4.21. The van der Waals surface area contributed by atoms with Gasteiger partial charge in [0.1, 0.15) is 0 Å². The van der Waals surface area contributed by atoms with Crippen molar-refractivity contribution in [3.8, 4) is 0 Å². The van der Waals surface area contributed by atoms with E-state index in [1.165, 1.54) is 0 Å². The zero-order chi connectivity index (χ0) is 8.41. The van der Waals surface area contributed by atoms with Crippen molar-refractivity contribution in [1.82, 2.24) is 0 Å². The minimum Gasteiger partial charge on any atom is -0.724 e. The maximum Gasteiger partial charge on any atom is 2.00 e. The molecule has 0 aromatic carbocycles. The Morgan fingerprint density at radius 3 is 1.09 bits per heavy atom. The molecule has 62 valence electrons.